The molecule has 1 aliphatic heterocycles. The zero-order valence-corrected chi connectivity index (χ0v) is 9.40. The summed E-state index contributed by atoms with van der Waals surface area (Å²) in [5.41, 5.74) is 8.02. The highest BCUT2D eigenvalue weighted by molar-refractivity contribution is 5.67. The summed E-state index contributed by atoms with van der Waals surface area (Å²) in [7, 11) is 0. The van der Waals surface area contributed by atoms with E-state index in [4.69, 9.17) is 5.73 Å². The largest absolute Gasteiger partial charge is 0.397 e. The normalized spacial score (nSPS) is 26.7. The fourth-order valence-electron chi connectivity index (χ4n) is 2.30. The molecule has 2 rings (SSSR count). The second kappa shape index (κ2) is 4.11. The van der Waals surface area contributed by atoms with Crippen molar-refractivity contribution in [2.24, 2.45) is 0 Å². The molecule has 0 aliphatic carbocycles. The third-order valence-corrected chi connectivity index (χ3v) is 2.83. The summed E-state index contributed by atoms with van der Waals surface area (Å²) in [4.78, 5) is 2.36. The number of para-hydroxylation sites is 2. The summed E-state index contributed by atoms with van der Waals surface area (Å²) in [5.74, 6) is 0. The van der Waals surface area contributed by atoms with E-state index in [1.807, 2.05) is 18.2 Å². The molecule has 1 saturated heterocycles. The lowest BCUT2D eigenvalue weighted by atomic mass is 10.1. The predicted octanol–water partition coefficient (Wildman–Crippen LogP) is 1.46. The van der Waals surface area contributed by atoms with Crippen LogP contribution in [-0.2, 0) is 0 Å². The average Bonchev–Trinajstić information content (AvgIpc) is 2.16. The number of rotatable bonds is 1. The van der Waals surface area contributed by atoms with E-state index in [-0.39, 0.29) is 0 Å². The summed E-state index contributed by atoms with van der Waals surface area (Å²) in [6.07, 6.45) is 0. The summed E-state index contributed by atoms with van der Waals surface area (Å²) >= 11 is 0. The van der Waals surface area contributed by atoms with E-state index in [9.17, 15) is 0 Å². The van der Waals surface area contributed by atoms with Crippen LogP contribution in [0.1, 0.15) is 13.8 Å². The zero-order valence-electron chi connectivity index (χ0n) is 9.40. The monoisotopic (exact) mass is 205 g/mol. The van der Waals surface area contributed by atoms with Gasteiger partial charge in [-0.25, -0.2) is 0 Å². The van der Waals surface area contributed by atoms with Gasteiger partial charge in [0, 0.05) is 25.2 Å². The van der Waals surface area contributed by atoms with Gasteiger partial charge in [-0.2, -0.15) is 0 Å². The topological polar surface area (TPSA) is 41.3 Å². The first-order valence-electron chi connectivity index (χ1n) is 5.52. The summed E-state index contributed by atoms with van der Waals surface area (Å²) < 4.78 is 0. The molecule has 1 heterocycles. The van der Waals surface area contributed by atoms with Crippen LogP contribution in [0.5, 0.6) is 0 Å². The van der Waals surface area contributed by atoms with Crippen molar-refractivity contribution in [3.8, 4) is 0 Å². The van der Waals surface area contributed by atoms with Gasteiger partial charge < -0.3 is 16.0 Å². The maximum Gasteiger partial charge on any atom is 0.0601 e. The highest BCUT2D eigenvalue weighted by Crippen LogP contribution is 2.24. The molecule has 2 atom stereocenters. The van der Waals surface area contributed by atoms with Crippen molar-refractivity contribution in [2.45, 2.75) is 25.9 Å². The zero-order chi connectivity index (χ0) is 10.8. The van der Waals surface area contributed by atoms with E-state index in [2.05, 4.69) is 30.1 Å². The van der Waals surface area contributed by atoms with Gasteiger partial charge >= 0.3 is 0 Å². The highest BCUT2D eigenvalue weighted by Gasteiger charge is 2.21. The maximum absolute atomic E-state index is 5.98. The number of piperazine rings is 1. The van der Waals surface area contributed by atoms with E-state index in [0.717, 1.165) is 24.5 Å². The quantitative estimate of drug-likeness (QED) is 0.682. The van der Waals surface area contributed by atoms with Crippen molar-refractivity contribution in [3.05, 3.63) is 24.3 Å². The number of nitrogens with two attached hydrogens (primary N) is 1. The minimum atomic E-state index is 0.522. The van der Waals surface area contributed by atoms with E-state index in [0.29, 0.717) is 12.1 Å². The van der Waals surface area contributed by atoms with Gasteiger partial charge in [0.1, 0.15) is 0 Å². The van der Waals surface area contributed by atoms with Crippen LogP contribution in [0.25, 0.3) is 0 Å². The number of hydrogen-bond acceptors (Lipinski definition) is 3. The lowest BCUT2D eigenvalue weighted by molar-refractivity contribution is 0.407. The summed E-state index contributed by atoms with van der Waals surface area (Å²) in [5, 5.41) is 3.52. The minimum Gasteiger partial charge on any atom is -0.397 e. The van der Waals surface area contributed by atoms with Crippen LogP contribution >= 0.6 is 0 Å². The molecule has 0 radical (unpaired) electrons. The van der Waals surface area contributed by atoms with Gasteiger partial charge in [0.25, 0.3) is 0 Å². The SMILES string of the molecule is CC1CN(c2ccccc2N)CC(C)N1. The molecule has 3 heteroatoms. The summed E-state index contributed by atoms with van der Waals surface area (Å²) in [6.45, 7) is 6.47. The predicted molar refractivity (Wildman–Crippen MR) is 65.1 cm³/mol. The van der Waals surface area contributed by atoms with Gasteiger partial charge in [0.05, 0.1) is 11.4 Å². The van der Waals surface area contributed by atoms with Gasteiger partial charge in [-0.15, -0.1) is 0 Å². The van der Waals surface area contributed by atoms with Gasteiger partial charge in [-0.3, -0.25) is 0 Å². The Morgan fingerprint density at radius 1 is 1.20 bits per heavy atom. The Bertz CT molecular complexity index is 327. The molecule has 1 aromatic rings. The number of hydrogen-bond donors (Lipinski definition) is 2. The Morgan fingerprint density at radius 2 is 1.80 bits per heavy atom. The van der Waals surface area contributed by atoms with Crippen molar-refractivity contribution in [2.75, 3.05) is 23.7 Å². The van der Waals surface area contributed by atoms with Crippen molar-refractivity contribution < 1.29 is 0 Å². The molecule has 3 N–H and O–H groups in total. The van der Waals surface area contributed by atoms with E-state index in [1.165, 1.54) is 0 Å². The van der Waals surface area contributed by atoms with Crippen molar-refractivity contribution in [3.63, 3.8) is 0 Å². The van der Waals surface area contributed by atoms with Crippen LogP contribution in [0.3, 0.4) is 0 Å². The Labute approximate surface area is 91.3 Å². The maximum atomic E-state index is 5.98. The van der Waals surface area contributed by atoms with Crippen LogP contribution in [0.4, 0.5) is 11.4 Å². The molecule has 0 aromatic heterocycles. The molecule has 2 unspecified atom stereocenters. The first kappa shape index (κ1) is 10.3. The van der Waals surface area contributed by atoms with Gasteiger partial charge in [-0.1, -0.05) is 12.1 Å². The standard InChI is InChI=1S/C12H19N3/c1-9-7-15(8-10(2)14-9)12-6-4-3-5-11(12)13/h3-6,9-10,14H,7-8,13H2,1-2H3. The fraction of sp³-hybridized carbons (Fsp3) is 0.500. The lowest BCUT2D eigenvalue weighted by Crippen LogP contribution is -2.54. The Kier molecular flexibility index (Phi) is 2.82. The number of nitrogens with one attached hydrogen (secondary N) is 1. The lowest BCUT2D eigenvalue weighted by Gasteiger charge is -2.38. The Morgan fingerprint density at radius 3 is 2.40 bits per heavy atom. The molecule has 1 aromatic carbocycles. The van der Waals surface area contributed by atoms with Crippen LogP contribution in [-0.4, -0.2) is 25.2 Å². The molecule has 0 amide bonds. The van der Waals surface area contributed by atoms with Crippen LogP contribution < -0.4 is 16.0 Å². The van der Waals surface area contributed by atoms with Crippen molar-refractivity contribution in [1.82, 2.24) is 5.32 Å². The smallest absolute Gasteiger partial charge is 0.0601 e. The molecule has 0 saturated carbocycles. The molecule has 0 bridgehead atoms. The van der Waals surface area contributed by atoms with Gasteiger partial charge in [-0.05, 0) is 26.0 Å². The first-order chi connectivity index (χ1) is 7.16. The van der Waals surface area contributed by atoms with Crippen molar-refractivity contribution in [1.29, 1.82) is 0 Å². The number of nitrogen functional groups attached to an aromatic ring is 1. The molecular formula is C12H19N3. The Balaban J connectivity index is 2.20. The third kappa shape index (κ3) is 2.23. The van der Waals surface area contributed by atoms with Crippen LogP contribution in [0.15, 0.2) is 24.3 Å². The van der Waals surface area contributed by atoms with Crippen LogP contribution in [0, 0.1) is 0 Å². The molecule has 15 heavy (non-hydrogen) atoms. The molecule has 82 valence electrons. The second-order valence-electron chi connectivity index (χ2n) is 4.43. The van der Waals surface area contributed by atoms with E-state index >= 15 is 0 Å². The summed E-state index contributed by atoms with van der Waals surface area (Å²) in [6, 6.07) is 9.13. The minimum absolute atomic E-state index is 0.522. The molecule has 1 fully saturated rings. The molecule has 3 nitrogen and oxygen atoms in total. The second-order valence-corrected chi connectivity index (χ2v) is 4.43. The molecular weight excluding hydrogens is 186 g/mol. The molecule has 0 spiro atoms. The number of benzene rings is 1. The van der Waals surface area contributed by atoms with E-state index in [1.54, 1.807) is 0 Å². The average molecular weight is 205 g/mol. The number of nitrogens with zero attached hydrogens (tertiary/aromatic N) is 1. The van der Waals surface area contributed by atoms with Crippen LogP contribution in [0.2, 0.25) is 0 Å². The fourth-order valence-corrected chi connectivity index (χ4v) is 2.30. The molecule has 1 aliphatic rings. The Hall–Kier alpha value is -1.22. The number of anilines is 2. The van der Waals surface area contributed by atoms with Crippen molar-refractivity contribution >= 4 is 11.4 Å². The third-order valence-electron chi connectivity index (χ3n) is 2.83. The van der Waals surface area contributed by atoms with Gasteiger partial charge in [0.2, 0.25) is 0 Å². The van der Waals surface area contributed by atoms with E-state index < -0.39 is 0 Å². The van der Waals surface area contributed by atoms with Gasteiger partial charge in [0.15, 0.2) is 0 Å². The highest BCUT2D eigenvalue weighted by atomic mass is 15.2. The first-order valence-corrected chi connectivity index (χ1v) is 5.52.